The second-order valence-corrected chi connectivity index (χ2v) is 1.87. The van der Waals surface area contributed by atoms with Gasteiger partial charge >= 0.3 is 0 Å². The fraction of sp³-hybridized carbons (Fsp3) is 0.500. The molecule has 0 aliphatic rings. The van der Waals surface area contributed by atoms with Gasteiger partial charge in [0.1, 0.15) is 0 Å². The maximum absolute atomic E-state index is 2.14. The lowest BCUT2D eigenvalue weighted by molar-refractivity contribution is 1.23. The molecule has 49 valence electrons. The van der Waals surface area contributed by atoms with E-state index >= 15 is 0 Å². The van der Waals surface area contributed by atoms with Crippen LogP contribution in [-0.2, 0) is 0 Å². The molecular formula is C8H14B. The van der Waals surface area contributed by atoms with Gasteiger partial charge in [-0.05, 0) is 12.8 Å². The first kappa shape index (κ1) is 8.54. The Balaban J connectivity index is 3.08. The molecule has 0 nitrogen and oxygen atoms in total. The van der Waals surface area contributed by atoms with Crippen molar-refractivity contribution < 1.29 is 0 Å². The van der Waals surface area contributed by atoms with Gasteiger partial charge in [0.2, 0.25) is 0 Å². The van der Waals surface area contributed by atoms with E-state index in [4.69, 9.17) is 0 Å². The van der Waals surface area contributed by atoms with Crippen LogP contribution in [-0.4, -0.2) is 7.28 Å². The topological polar surface area (TPSA) is 0 Å². The molecule has 0 saturated carbocycles. The van der Waals surface area contributed by atoms with Crippen molar-refractivity contribution in [2.45, 2.75) is 26.7 Å². The first-order valence-corrected chi connectivity index (χ1v) is 3.56. The van der Waals surface area contributed by atoms with E-state index in [0.29, 0.717) is 0 Å². The Hall–Kier alpha value is -0.455. The van der Waals surface area contributed by atoms with Crippen molar-refractivity contribution >= 4 is 7.28 Å². The van der Waals surface area contributed by atoms with Gasteiger partial charge < -0.3 is 0 Å². The maximum atomic E-state index is 2.14. The van der Waals surface area contributed by atoms with Crippen molar-refractivity contribution in [3.05, 3.63) is 24.1 Å². The fourth-order valence-corrected chi connectivity index (χ4v) is 0.493. The van der Waals surface area contributed by atoms with Crippen molar-refractivity contribution in [1.82, 2.24) is 0 Å². The summed E-state index contributed by atoms with van der Waals surface area (Å²) in [5, 5.41) is 0. The van der Waals surface area contributed by atoms with E-state index in [1.165, 1.54) is 0 Å². The van der Waals surface area contributed by atoms with E-state index in [9.17, 15) is 0 Å². The number of rotatable bonds is 4. The molecule has 0 saturated heterocycles. The van der Waals surface area contributed by atoms with Crippen LogP contribution in [0.1, 0.15) is 26.7 Å². The summed E-state index contributed by atoms with van der Waals surface area (Å²) in [5.74, 6) is 4.15. The van der Waals surface area contributed by atoms with E-state index < -0.39 is 0 Å². The lowest BCUT2D eigenvalue weighted by Gasteiger charge is -1.77. The van der Waals surface area contributed by atoms with E-state index in [2.05, 4.69) is 45.2 Å². The van der Waals surface area contributed by atoms with Crippen molar-refractivity contribution in [2.75, 3.05) is 0 Å². The Morgan fingerprint density at radius 3 is 1.78 bits per heavy atom. The third-order valence-electron chi connectivity index (χ3n) is 0.966. The van der Waals surface area contributed by atoms with Crippen molar-refractivity contribution in [3.8, 4) is 0 Å². The molecule has 0 heterocycles. The van der Waals surface area contributed by atoms with Crippen molar-refractivity contribution in [2.24, 2.45) is 0 Å². The van der Waals surface area contributed by atoms with E-state index in [1.807, 2.05) is 0 Å². The zero-order chi connectivity index (χ0) is 6.95. The van der Waals surface area contributed by atoms with Gasteiger partial charge in [-0.2, -0.15) is 0 Å². The second-order valence-electron chi connectivity index (χ2n) is 1.87. The third-order valence-corrected chi connectivity index (χ3v) is 0.966. The van der Waals surface area contributed by atoms with Crippen molar-refractivity contribution in [3.63, 3.8) is 0 Å². The third kappa shape index (κ3) is 7.54. The largest absolute Gasteiger partial charge is 0.170 e. The molecule has 0 aliphatic heterocycles. The number of allylic oxidation sites excluding steroid dienone is 2. The molecule has 0 unspecified atom stereocenters. The lowest BCUT2D eigenvalue weighted by Crippen LogP contribution is -1.74. The van der Waals surface area contributed by atoms with Gasteiger partial charge in [0.25, 0.3) is 0 Å². The van der Waals surface area contributed by atoms with Crippen LogP contribution in [0.15, 0.2) is 24.1 Å². The lowest BCUT2D eigenvalue weighted by atomic mass is 9.78. The number of hydrogen-bond donors (Lipinski definition) is 0. The highest BCUT2D eigenvalue weighted by Crippen LogP contribution is 1.80. The summed E-state index contributed by atoms with van der Waals surface area (Å²) in [7, 11) is 2.06. The fourth-order valence-electron chi connectivity index (χ4n) is 0.493. The Morgan fingerprint density at radius 2 is 1.44 bits per heavy atom. The molecule has 9 heavy (non-hydrogen) atoms. The zero-order valence-corrected chi connectivity index (χ0v) is 6.30. The molecule has 0 aromatic carbocycles. The predicted octanol–water partition coefficient (Wildman–Crippen LogP) is 2.54. The predicted molar refractivity (Wildman–Crippen MR) is 44.6 cm³/mol. The summed E-state index contributed by atoms with van der Waals surface area (Å²) in [6.07, 6.45) is 6.52. The van der Waals surface area contributed by atoms with Crippen LogP contribution in [0.4, 0.5) is 0 Å². The monoisotopic (exact) mass is 121 g/mol. The van der Waals surface area contributed by atoms with Crippen LogP contribution in [0.2, 0.25) is 0 Å². The highest BCUT2D eigenvalue weighted by molar-refractivity contribution is 6.48. The zero-order valence-electron chi connectivity index (χ0n) is 6.30. The molecule has 0 aromatic heterocycles. The van der Waals surface area contributed by atoms with Crippen LogP contribution >= 0.6 is 0 Å². The van der Waals surface area contributed by atoms with Crippen LogP contribution in [0.25, 0.3) is 0 Å². The molecule has 0 rings (SSSR count). The van der Waals surface area contributed by atoms with Gasteiger partial charge in [0.05, 0.1) is 0 Å². The average molecular weight is 121 g/mol. The minimum absolute atomic E-state index is 1.12. The highest BCUT2D eigenvalue weighted by Gasteiger charge is 1.71. The van der Waals surface area contributed by atoms with E-state index in [-0.39, 0.29) is 0 Å². The smallest absolute Gasteiger partial charge is 0.121 e. The summed E-state index contributed by atoms with van der Waals surface area (Å²) >= 11 is 0. The summed E-state index contributed by atoms with van der Waals surface area (Å²) < 4.78 is 0. The Labute approximate surface area is 58.9 Å². The molecular weight excluding hydrogens is 107 g/mol. The Kier molecular flexibility index (Phi) is 7.16. The van der Waals surface area contributed by atoms with Gasteiger partial charge in [0.15, 0.2) is 7.28 Å². The van der Waals surface area contributed by atoms with Gasteiger partial charge in [-0.1, -0.05) is 26.0 Å². The minimum atomic E-state index is 1.12. The maximum Gasteiger partial charge on any atom is 0.170 e. The van der Waals surface area contributed by atoms with Gasteiger partial charge in [-0.3, -0.25) is 0 Å². The highest BCUT2D eigenvalue weighted by atomic mass is 13.6. The Bertz CT molecular complexity index is 80.7. The SMILES string of the molecule is CC/C=C/[B]/C=C/CC. The number of hydrogen-bond acceptors (Lipinski definition) is 0. The summed E-state index contributed by atoms with van der Waals surface area (Å²) in [6.45, 7) is 4.27. The molecule has 1 radical (unpaired) electrons. The van der Waals surface area contributed by atoms with Gasteiger partial charge in [-0.15, -0.1) is 12.0 Å². The van der Waals surface area contributed by atoms with Crippen LogP contribution in [0, 0.1) is 0 Å². The molecule has 0 spiro atoms. The van der Waals surface area contributed by atoms with Gasteiger partial charge in [-0.25, -0.2) is 0 Å². The van der Waals surface area contributed by atoms with Crippen molar-refractivity contribution in [1.29, 1.82) is 0 Å². The molecule has 0 aliphatic carbocycles. The molecule has 0 bridgehead atoms. The molecule has 0 aromatic rings. The molecule has 1 heteroatoms. The first-order valence-electron chi connectivity index (χ1n) is 3.56. The van der Waals surface area contributed by atoms with Crippen LogP contribution in [0.5, 0.6) is 0 Å². The standard InChI is InChI=1S/C8H14B/c1-3-5-7-9-8-6-4-2/h5-8H,3-4H2,1-2H3/b7-5+,8-6+. The van der Waals surface area contributed by atoms with Crippen LogP contribution in [0.3, 0.4) is 0 Å². The average Bonchev–Trinajstić information content (AvgIpc) is 1.89. The van der Waals surface area contributed by atoms with Crippen LogP contribution < -0.4 is 0 Å². The molecule has 0 atom stereocenters. The van der Waals surface area contributed by atoms with Gasteiger partial charge in [0, 0.05) is 0 Å². The van der Waals surface area contributed by atoms with E-state index in [0.717, 1.165) is 12.8 Å². The molecule has 0 N–H and O–H groups in total. The molecule has 0 fully saturated rings. The summed E-state index contributed by atoms with van der Waals surface area (Å²) in [4.78, 5) is 0. The summed E-state index contributed by atoms with van der Waals surface area (Å²) in [6, 6.07) is 0. The first-order chi connectivity index (χ1) is 4.41. The normalized spacial score (nSPS) is 11.3. The quantitative estimate of drug-likeness (QED) is 0.501. The molecule has 0 amide bonds. The summed E-state index contributed by atoms with van der Waals surface area (Å²) in [5.41, 5.74) is 0. The van der Waals surface area contributed by atoms with E-state index in [1.54, 1.807) is 0 Å². The second kappa shape index (κ2) is 7.54. The Morgan fingerprint density at radius 1 is 1.00 bits per heavy atom. The minimum Gasteiger partial charge on any atom is -0.121 e.